The van der Waals surface area contributed by atoms with E-state index in [0.29, 0.717) is 31.6 Å². The Morgan fingerprint density at radius 2 is 1.89 bits per heavy atom. The third kappa shape index (κ3) is 6.34. The molecule has 1 unspecified atom stereocenters. The number of alkyl halides is 1. The first kappa shape index (κ1) is 15.4. The topological polar surface area (TPSA) is 18.5 Å². The molecule has 0 N–H and O–H groups in total. The third-order valence-electron chi connectivity index (χ3n) is 2.76. The van der Waals surface area contributed by atoms with E-state index in [2.05, 4.69) is 0 Å². The van der Waals surface area contributed by atoms with Crippen molar-refractivity contribution in [3.8, 4) is 0 Å². The summed E-state index contributed by atoms with van der Waals surface area (Å²) in [6, 6.07) is 6.58. The summed E-state index contributed by atoms with van der Waals surface area (Å²) in [5.41, 5.74) is 1.11. The summed E-state index contributed by atoms with van der Waals surface area (Å²) in [6.07, 6.45) is 1.77. The molecule has 0 aliphatic carbocycles. The van der Waals surface area contributed by atoms with Crippen LogP contribution in [0, 0.1) is 11.7 Å². The van der Waals surface area contributed by atoms with Gasteiger partial charge in [0, 0.05) is 19.6 Å². The van der Waals surface area contributed by atoms with Crippen molar-refractivity contribution >= 4 is 11.6 Å². The zero-order valence-corrected chi connectivity index (χ0v) is 11.5. The third-order valence-corrected chi connectivity index (χ3v) is 3.19. The number of benzene rings is 1. The van der Waals surface area contributed by atoms with E-state index in [1.165, 1.54) is 12.1 Å². The highest BCUT2D eigenvalue weighted by Crippen LogP contribution is 2.14. The molecule has 0 aromatic heterocycles. The van der Waals surface area contributed by atoms with Crippen LogP contribution in [0.25, 0.3) is 0 Å². The van der Waals surface area contributed by atoms with E-state index in [4.69, 9.17) is 21.1 Å². The van der Waals surface area contributed by atoms with Gasteiger partial charge in [-0.05, 0) is 36.5 Å². The molecule has 0 saturated carbocycles. The Morgan fingerprint density at radius 1 is 1.17 bits per heavy atom. The summed E-state index contributed by atoms with van der Waals surface area (Å²) in [5.74, 6) is 0.745. The highest BCUT2D eigenvalue weighted by molar-refractivity contribution is 6.18. The fraction of sp³-hybridized carbons (Fsp3) is 0.571. The second kappa shape index (κ2) is 9.31. The van der Waals surface area contributed by atoms with Crippen molar-refractivity contribution in [3.05, 3.63) is 35.6 Å². The van der Waals surface area contributed by atoms with Crippen LogP contribution in [0.2, 0.25) is 0 Å². The van der Waals surface area contributed by atoms with Crippen LogP contribution in [0.5, 0.6) is 0 Å². The van der Waals surface area contributed by atoms with Gasteiger partial charge in [0.1, 0.15) is 5.82 Å². The first-order valence-electron chi connectivity index (χ1n) is 6.13. The minimum absolute atomic E-state index is 0.205. The molecule has 1 rings (SSSR count). The van der Waals surface area contributed by atoms with Gasteiger partial charge in [-0.2, -0.15) is 0 Å². The summed E-state index contributed by atoms with van der Waals surface area (Å²) in [5, 5.41) is 0. The molecule has 0 saturated heterocycles. The first-order valence-corrected chi connectivity index (χ1v) is 6.66. The van der Waals surface area contributed by atoms with Gasteiger partial charge in [-0.25, -0.2) is 4.39 Å². The van der Waals surface area contributed by atoms with E-state index in [9.17, 15) is 4.39 Å². The lowest BCUT2D eigenvalue weighted by Gasteiger charge is -2.14. The van der Waals surface area contributed by atoms with Gasteiger partial charge in [-0.1, -0.05) is 12.1 Å². The molecule has 0 amide bonds. The highest BCUT2D eigenvalue weighted by Gasteiger charge is 2.08. The molecule has 0 spiro atoms. The molecule has 0 aliphatic heterocycles. The minimum Gasteiger partial charge on any atom is -0.382 e. The molecule has 1 aromatic rings. The molecule has 0 heterocycles. The van der Waals surface area contributed by atoms with Crippen molar-refractivity contribution < 1.29 is 13.9 Å². The predicted octanol–water partition coefficient (Wildman–Crippen LogP) is 3.28. The van der Waals surface area contributed by atoms with E-state index < -0.39 is 0 Å². The Bertz CT molecular complexity index is 316. The molecule has 1 aromatic carbocycles. The van der Waals surface area contributed by atoms with Crippen LogP contribution in [0.1, 0.15) is 12.0 Å². The van der Waals surface area contributed by atoms with Crippen molar-refractivity contribution in [1.29, 1.82) is 0 Å². The van der Waals surface area contributed by atoms with E-state index in [1.54, 1.807) is 19.2 Å². The Kier molecular flexibility index (Phi) is 7.98. The summed E-state index contributed by atoms with van der Waals surface area (Å²) < 4.78 is 23.1. The van der Waals surface area contributed by atoms with Gasteiger partial charge in [-0.15, -0.1) is 11.6 Å². The van der Waals surface area contributed by atoms with Crippen molar-refractivity contribution in [2.24, 2.45) is 5.92 Å². The van der Waals surface area contributed by atoms with E-state index in [0.717, 1.165) is 18.4 Å². The van der Waals surface area contributed by atoms with Gasteiger partial charge in [-0.3, -0.25) is 0 Å². The summed E-state index contributed by atoms with van der Waals surface area (Å²) >= 11 is 5.93. The van der Waals surface area contributed by atoms with Crippen molar-refractivity contribution in [1.82, 2.24) is 0 Å². The van der Waals surface area contributed by atoms with Crippen LogP contribution in [0.3, 0.4) is 0 Å². The second-order valence-corrected chi connectivity index (χ2v) is 4.55. The SMILES string of the molecule is COCCOCCC(CCl)Cc1ccc(F)cc1. The second-order valence-electron chi connectivity index (χ2n) is 4.24. The highest BCUT2D eigenvalue weighted by atomic mass is 35.5. The summed E-state index contributed by atoms with van der Waals surface area (Å²) in [4.78, 5) is 0. The Labute approximate surface area is 113 Å². The van der Waals surface area contributed by atoms with Gasteiger partial charge in [0.15, 0.2) is 0 Å². The lowest BCUT2D eigenvalue weighted by Crippen LogP contribution is -2.12. The Balaban J connectivity index is 2.26. The quantitative estimate of drug-likeness (QED) is 0.508. The monoisotopic (exact) mass is 274 g/mol. The smallest absolute Gasteiger partial charge is 0.123 e. The molecule has 102 valence electrons. The zero-order valence-electron chi connectivity index (χ0n) is 10.7. The van der Waals surface area contributed by atoms with Crippen LogP contribution in [-0.4, -0.2) is 32.8 Å². The van der Waals surface area contributed by atoms with Gasteiger partial charge >= 0.3 is 0 Å². The molecule has 18 heavy (non-hydrogen) atoms. The largest absolute Gasteiger partial charge is 0.382 e. The standard InChI is InChI=1S/C14H20ClFO2/c1-17-8-9-18-7-6-13(11-15)10-12-2-4-14(16)5-3-12/h2-5,13H,6-11H2,1H3. The molecular formula is C14H20ClFO2. The lowest BCUT2D eigenvalue weighted by atomic mass is 9.98. The maximum Gasteiger partial charge on any atom is 0.123 e. The normalized spacial score (nSPS) is 12.6. The van der Waals surface area contributed by atoms with Crippen LogP contribution in [0.15, 0.2) is 24.3 Å². The Hall–Kier alpha value is -0.640. The maximum absolute atomic E-state index is 12.8. The fourth-order valence-corrected chi connectivity index (χ4v) is 1.95. The van der Waals surface area contributed by atoms with Crippen LogP contribution < -0.4 is 0 Å². The predicted molar refractivity (Wildman–Crippen MR) is 71.6 cm³/mol. The number of hydrogen-bond donors (Lipinski definition) is 0. The van der Waals surface area contributed by atoms with Crippen LogP contribution in [-0.2, 0) is 15.9 Å². The van der Waals surface area contributed by atoms with Gasteiger partial charge in [0.05, 0.1) is 13.2 Å². The van der Waals surface area contributed by atoms with Crippen LogP contribution in [0.4, 0.5) is 4.39 Å². The molecule has 4 heteroatoms. The molecule has 0 bridgehead atoms. The van der Waals surface area contributed by atoms with Crippen molar-refractivity contribution in [3.63, 3.8) is 0 Å². The van der Waals surface area contributed by atoms with Crippen molar-refractivity contribution in [2.75, 3.05) is 32.8 Å². The minimum atomic E-state index is -0.205. The molecule has 1 atom stereocenters. The molecule has 0 aliphatic rings. The van der Waals surface area contributed by atoms with Crippen LogP contribution >= 0.6 is 11.6 Å². The maximum atomic E-state index is 12.8. The van der Waals surface area contributed by atoms with E-state index >= 15 is 0 Å². The average Bonchev–Trinajstić information content (AvgIpc) is 2.39. The number of methoxy groups -OCH3 is 1. The number of hydrogen-bond acceptors (Lipinski definition) is 2. The fourth-order valence-electron chi connectivity index (χ4n) is 1.68. The van der Waals surface area contributed by atoms with Gasteiger partial charge in [0.25, 0.3) is 0 Å². The van der Waals surface area contributed by atoms with E-state index in [-0.39, 0.29) is 5.82 Å². The summed E-state index contributed by atoms with van der Waals surface area (Å²) in [7, 11) is 1.65. The van der Waals surface area contributed by atoms with Gasteiger partial charge in [0.2, 0.25) is 0 Å². The van der Waals surface area contributed by atoms with Crippen molar-refractivity contribution in [2.45, 2.75) is 12.8 Å². The lowest BCUT2D eigenvalue weighted by molar-refractivity contribution is 0.0647. The van der Waals surface area contributed by atoms with E-state index in [1.807, 2.05) is 0 Å². The first-order chi connectivity index (χ1) is 8.76. The molecule has 2 nitrogen and oxygen atoms in total. The van der Waals surface area contributed by atoms with Gasteiger partial charge < -0.3 is 9.47 Å². The summed E-state index contributed by atoms with van der Waals surface area (Å²) in [6.45, 7) is 1.91. The molecule has 0 fully saturated rings. The number of halogens is 2. The Morgan fingerprint density at radius 3 is 2.50 bits per heavy atom. The molecular weight excluding hydrogens is 255 g/mol. The molecule has 0 radical (unpaired) electrons. The average molecular weight is 275 g/mol. The zero-order chi connectivity index (χ0) is 13.2. The number of ether oxygens (including phenoxy) is 2. The number of rotatable bonds is 9.